The lowest BCUT2D eigenvalue weighted by molar-refractivity contribution is -0.0328. The number of halogens is 3. The van der Waals surface area contributed by atoms with Gasteiger partial charge in [-0.3, -0.25) is 0 Å². The molecule has 2 aromatic rings. The summed E-state index contributed by atoms with van der Waals surface area (Å²) in [6, 6.07) is 3.74. The van der Waals surface area contributed by atoms with Gasteiger partial charge < -0.3 is 10.3 Å². The fourth-order valence-corrected chi connectivity index (χ4v) is 2.65. The third kappa shape index (κ3) is 3.89. The predicted molar refractivity (Wildman–Crippen MR) is 75.6 cm³/mol. The maximum Gasteiger partial charge on any atom is 0.441 e. The van der Waals surface area contributed by atoms with E-state index in [9.17, 15) is 13.2 Å². The Kier molecular flexibility index (Phi) is 4.59. The van der Waals surface area contributed by atoms with Crippen LogP contribution >= 0.6 is 11.8 Å². The van der Waals surface area contributed by atoms with Crippen LogP contribution < -0.4 is 5.73 Å². The molecule has 0 radical (unpaired) electrons. The molecule has 2 heterocycles. The Morgan fingerprint density at radius 1 is 1.45 bits per heavy atom. The molecular formula is C13H16F3N3S. The normalized spacial score (nSPS) is 13.8. The van der Waals surface area contributed by atoms with Gasteiger partial charge in [-0.05, 0) is 42.8 Å². The van der Waals surface area contributed by atoms with E-state index in [1.54, 1.807) is 10.8 Å². The smallest absolute Gasteiger partial charge is 0.331 e. The number of nitrogens with zero attached hydrogens (tertiary/aromatic N) is 2. The van der Waals surface area contributed by atoms with E-state index in [2.05, 4.69) is 4.98 Å². The van der Waals surface area contributed by atoms with Gasteiger partial charge in [0.15, 0.2) is 0 Å². The second kappa shape index (κ2) is 6.05. The molecule has 0 fully saturated rings. The molecule has 0 amide bonds. The third-order valence-electron chi connectivity index (χ3n) is 2.86. The number of aryl methyl sites for hydroxylation is 1. The van der Waals surface area contributed by atoms with Crippen molar-refractivity contribution in [1.82, 2.24) is 9.55 Å². The van der Waals surface area contributed by atoms with Crippen molar-refractivity contribution in [3.8, 4) is 0 Å². The first-order valence-corrected chi connectivity index (χ1v) is 7.24. The van der Waals surface area contributed by atoms with Gasteiger partial charge in [-0.1, -0.05) is 0 Å². The Balaban J connectivity index is 2.20. The van der Waals surface area contributed by atoms with E-state index < -0.39 is 5.51 Å². The fraction of sp³-hybridized carbons (Fsp3) is 0.462. The molecule has 2 N–H and O–H groups in total. The molecule has 0 aliphatic carbocycles. The molecule has 0 spiro atoms. The van der Waals surface area contributed by atoms with Crippen LogP contribution in [0.5, 0.6) is 0 Å². The number of rotatable bonds is 5. The molecule has 3 nitrogen and oxygen atoms in total. The summed E-state index contributed by atoms with van der Waals surface area (Å²) in [5.74, 6) is -0.0263. The summed E-state index contributed by atoms with van der Waals surface area (Å²) in [5, 5.41) is 0.960. The minimum Gasteiger partial charge on any atom is -0.331 e. The zero-order valence-electron chi connectivity index (χ0n) is 11.0. The Labute approximate surface area is 119 Å². The van der Waals surface area contributed by atoms with Crippen molar-refractivity contribution >= 4 is 22.8 Å². The first kappa shape index (κ1) is 15.2. The standard InChI is InChI=1S/C13H16F3N3S/c1-9(17)7-10-8-19(5-6-20-13(14,15)16)12-11(10)3-2-4-18-12/h2-4,8-9H,5-7,17H2,1H3. The zero-order chi connectivity index (χ0) is 14.8. The molecule has 2 aromatic heterocycles. The largest absolute Gasteiger partial charge is 0.441 e. The van der Waals surface area contributed by atoms with Crippen LogP contribution in [0.25, 0.3) is 11.0 Å². The highest BCUT2D eigenvalue weighted by Gasteiger charge is 2.27. The average molecular weight is 303 g/mol. The van der Waals surface area contributed by atoms with Crippen LogP contribution in [0.3, 0.4) is 0 Å². The summed E-state index contributed by atoms with van der Waals surface area (Å²) in [4.78, 5) is 4.26. The monoisotopic (exact) mass is 303 g/mol. The molecule has 7 heteroatoms. The van der Waals surface area contributed by atoms with Gasteiger partial charge in [-0.25, -0.2) is 4.98 Å². The summed E-state index contributed by atoms with van der Waals surface area (Å²) in [6.07, 6.45) is 4.19. The Morgan fingerprint density at radius 2 is 2.20 bits per heavy atom. The maximum absolute atomic E-state index is 12.2. The molecule has 0 aliphatic heterocycles. The second-order valence-corrected chi connectivity index (χ2v) is 5.86. The van der Waals surface area contributed by atoms with Crippen LogP contribution in [0.4, 0.5) is 13.2 Å². The lowest BCUT2D eigenvalue weighted by Crippen LogP contribution is -2.17. The minimum atomic E-state index is -4.19. The first-order valence-electron chi connectivity index (χ1n) is 6.26. The van der Waals surface area contributed by atoms with E-state index in [0.29, 0.717) is 12.1 Å². The summed E-state index contributed by atoms with van der Waals surface area (Å²) >= 11 is -0.0132. The average Bonchev–Trinajstić information content (AvgIpc) is 2.66. The Hall–Kier alpha value is -1.21. The highest BCUT2D eigenvalue weighted by Crippen LogP contribution is 2.30. The molecule has 0 aliphatic rings. The van der Waals surface area contributed by atoms with Gasteiger partial charge in [0.05, 0.1) is 0 Å². The van der Waals surface area contributed by atoms with Gasteiger partial charge in [0, 0.05) is 36.1 Å². The molecular weight excluding hydrogens is 287 g/mol. The highest BCUT2D eigenvalue weighted by atomic mass is 32.2. The van der Waals surface area contributed by atoms with Crippen LogP contribution in [0, 0.1) is 0 Å². The number of pyridine rings is 1. The van der Waals surface area contributed by atoms with E-state index in [-0.39, 0.29) is 30.1 Å². The molecule has 0 aromatic carbocycles. The molecule has 110 valence electrons. The molecule has 1 atom stereocenters. The molecule has 0 saturated heterocycles. The molecule has 0 saturated carbocycles. The van der Waals surface area contributed by atoms with Gasteiger partial charge >= 0.3 is 5.51 Å². The first-order chi connectivity index (χ1) is 9.37. The highest BCUT2D eigenvalue weighted by molar-refractivity contribution is 8.00. The van der Waals surface area contributed by atoms with Gasteiger partial charge in [0.25, 0.3) is 0 Å². The zero-order valence-corrected chi connectivity index (χ0v) is 11.8. The van der Waals surface area contributed by atoms with E-state index >= 15 is 0 Å². The minimum absolute atomic E-state index is 0.00111. The van der Waals surface area contributed by atoms with Crippen LogP contribution in [0.15, 0.2) is 24.5 Å². The molecule has 2 rings (SSSR count). The number of hydrogen-bond donors (Lipinski definition) is 1. The van der Waals surface area contributed by atoms with Gasteiger partial charge in [-0.15, -0.1) is 0 Å². The maximum atomic E-state index is 12.2. The van der Waals surface area contributed by atoms with E-state index in [1.807, 2.05) is 25.3 Å². The Bertz CT molecular complexity index is 578. The van der Waals surface area contributed by atoms with Crippen molar-refractivity contribution in [2.24, 2.45) is 5.73 Å². The van der Waals surface area contributed by atoms with Crippen LogP contribution in [-0.2, 0) is 13.0 Å². The summed E-state index contributed by atoms with van der Waals surface area (Å²) in [5.41, 5.74) is 3.35. The van der Waals surface area contributed by atoms with Gasteiger partial charge in [0.2, 0.25) is 0 Å². The fourth-order valence-electron chi connectivity index (χ4n) is 2.13. The van der Waals surface area contributed by atoms with Gasteiger partial charge in [0.1, 0.15) is 5.65 Å². The summed E-state index contributed by atoms with van der Waals surface area (Å²) in [7, 11) is 0. The lowest BCUT2D eigenvalue weighted by atomic mass is 10.1. The van der Waals surface area contributed by atoms with Crippen LogP contribution in [0.2, 0.25) is 0 Å². The van der Waals surface area contributed by atoms with Crippen LogP contribution in [0.1, 0.15) is 12.5 Å². The van der Waals surface area contributed by atoms with E-state index in [4.69, 9.17) is 5.73 Å². The number of hydrogen-bond acceptors (Lipinski definition) is 3. The number of alkyl halides is 3. The number of nitrogens with two attached hydrogens (primary N) is 1. The van der Waals surface area contributed by atoms with Crippen molar-refractivity contribution in [2.45, 2.75) is 31.4 Å². The van der Waals surface area contributed by atoms with Crippen molar-refractivity contribution in [3.63, 3.8) is 0 Å². The van der Waals surface area contributed by atoms with Crippen molar-refractivity contribution in [3.05, 3.63) is 30.1 Å². The summed E-state index contributed by atoms with van der Waals surface area (Å²) < 4.78 is 38.3. The topological polar surface area (TPSA) is 43.8 Å². The number of aromatic nitrogens is 2. The lowest BCUT2D eigenvalue weighted by Gasteiger charge is -2.06. The van der Waals surface area contributed by atoms with Crippen molar-refractivity contribution in [2.75, 3.05) is 5.75 Å². The van der Waals surface area contributed by atoms with Crippen molar-refractivity contribution < 1.29 is 13.2 Å². The van der Waals surface area contributed by atoms with Crippen LogP contribution in [-0.4, -0.2) is 26.9 Å². The third-order valence-corrected chi connectivity index (χ3v) is 3.57. The molecule has 1 unspecified atom stereocenters. The summed E-state index contributed by atoms with van der Waals surface area (Å²) in [6.45, 7) is 2.18. The van der Waals surface area contributed by atoms with E-state index in [1.165, 1.54) is 0 Å². The SMILES string of the molecule is CC(N)Cc1cn(CCSC(F)(F)F)c2ncccc12. The Morgan fingerprint density at radius 3 is 2.85 bits per heavy atom. The van der Waals surface area contributed by atoms with Crippen molar-refractivity contribution in [1.29, 1.82) is 0 Å². The van der Waals surface area contributed by atoms with E-state index in [0.717, 1.165) is 10.9 Å². The molecule has 0 bridgehead atoms. The number of thioether (sulfide) groups is 1. The second-order valence-electron chi connectivity index (χ2n) is 4.70. The number of fused-ring (bicyclic) bond motifs is 1. The van der Waals surface area contributed by atoms with Gasteiger partial charge in [-0.2, -0.15) is 13.2 Å². The predicted octanol–water partition coefficient (Wildman–Crippen LogP) is 3.18. The molecule has 20 heavy (non-hydrogen) atoms. The quantitative estimate of drug-likeness (QED) is 0.922.